The van der Waals surface area contributed by atoms with E-state index in [2.05, 4.69) is 17.0 Å². The Morgan fingerprint density at radius 3 is 2.69 bits per heavy atom. The SMILES string of the molecule is CN(Cc1cc(=O)oc2ccc3ccccc3c12)C[C@@H]1COc2ccccc2O1. The second-order valence-electron chi connectivity index (χ2n) is 7.44. The average molecular weight is 387 g/mol. The maximum atomic E-state index is 12.1. The minimum absolute atomic E-state index is 0.0713. The van der Waals surface area contributed by atoms with Crippen molar-refractivity contribution in [1.82, 2.24) is 4.90 Å². The standard InChI is InChI=1S/C24H21NO4/c1-25(14-18-15-27-20-8-4-5-9-21(20)28-18)13-17-12-23(26)29-22-11-10-16-6-2-3-7-19(16)24(17)22/h2-12,18H,13-15H2,1H3/t18-/m1/s1. The van der Waals surface area contributed by atoms with Crippen LogP contribution in [0.2, 0.25) is 0 Å². The summed E-state index contributed by atoms with van der Waals surface area (Å²) in [6.45, 7) is 1.79. The second-order valence-corrected chi connectivity index (χ2v) is 7.44. The molecule has 0 saturated carbocycles. The topological polar surface area (TPSA) is 51.9 Å². The molecule has 5 rings (SSSR count). The predicted molar refractivity (Wildman–Crippen MR) is 113 cm³/mol. The Bertz CT molecular complexity index is 1250. The highest BCUT2D eigenvalue weighted by molar-refractivity contribution is 6.07. The van der Waals surface area contributed by atoms with E-state index in [1.54, 1.807) is 6.07 Å². The summed E-state index contributed by atoms with van der Waals surface area (Å²) >= 11 is 0. The van der Waals surface area contributed by atoms with Crippen molar-refractivity contribution in [2.75, 3.05) is 20.2 Å². The molecule has 1 aromatic heterocycles. The monoisotopic (exact) mass is 387 g/mol. The Morgan fingerprint density at radius 1 is 1.00 bits per heavy atom. The molecule has 5 heteroatoms. The van der Waals surface area contributed by atoms with Gasteiger partial charge in [-0.05, 0) is 41.6 Å². The summed E-state index contributed by atoms with van der Waals surface area (Å²) in [5, 5.41) is 3.20. The molecule has 1 aliphatic rings. The van der Waals surface area contributed by atoms with E-state index in [0.29, 0.717) is 25.3 Å². The van der Waals surface area contributed by atoms with Crippen molar-refractivity contribution in [3.8, 4) is 11.5 Å². The lowest BCUT2D eigenvalue weighted by molar-refractivity contribution is 0.0639. The van der Waals surface area contributed by atoms with Crippen LogP contribution in [-0.2, 0) is 6.54 Å². The fourth-order valence-corrected chi connectivity index (χ4v) is 4.00. The zero-order valence-electron chi connectivity index (χ0n) is 16.1. The van der Waals surface area contributed by atoms with Crippen LogP contribution in [0.4, 0.5) is 0 Å². The highest BCUT2D eigenvalue weighted by Gasteiger charge is 2.22. The molecule has 0 radical (unpaired) electrons. The fraction of sp³-hybridized carbons (Fsp3) is 0.208. The van der Waals surface area contributed by atoms with E-state index in [1.807, 2.05) is 55.6 Å². The van der Waals surface area contributed by atoms with E-state index < -0.39 is 0 Å². The van der Waals surface area contributed by atoms with Gasteiger partial charge in [0.15, 0.2) is 11.5 Å². The third-order valence-electron chi connectivity index (χ3n) is 5.24. The summed E-state index contributed by atoms with van der Waals surface area (Å²) < 4.78 is 17.4. The maximum absolute atomic E-state index is 12.1. The number of nitrogens with zero attached hydrogens (tertiary/aromatic N) is 1. The van der Waals surface area contributed by atoms with Gasteiger partial charge in [-0.15, -0.1) is 0 Å². The van der Waals surface area contributed by atoms with Crippen LogP contribution < -0.4 is 15.1 Å². The summed E-state index contributed by atoms with van der Waals surface area (Å²) in [6, 6.07) is 21.3. The third-order valence-corrected chi connectivity index (χ3v) is 5.24. The van der Waals surface area contributed by atoms with Gasteiger partial charge in [-0.2, -0.15) is 0 Å². The fourth-order valence-electron chi connectivity index (χ4n) is 4.00. The van der Waals surface area contributed by atoms with Crippen molar-refractivity contribution in [1.29, 1.82) is 0 Å². The lowest BCUT2D eigenvalue weighted by Crippen LogP contribution is -2.39. The first kappa shape index (κ1) is 17.8. The lowest BCUT2D eigenvalue weighted by atomic mass is 10.0. The number of para-hydroxylation sites is 2. The van der Waals surface area contributed by atoms with Crippen LogP contribution in [0.3, 0.4) is 0 Å². The summed E-state index contributed by atoms with van der Waals surface area (Å²) in [6.07, 6.45) is -0.0713. The van der Waals surface area contributed by atoms with Gasteiger partial charge in [-0.25, -0.2) is 4.79 Å². The van der Waals surface area contributed by atoms with Gasteiger partial charge in [0.2, 0.25) is 0 Å². The molecule has 4 aromatic rings. The van der Waals surface area contributed by atoms with Crippen LogP contribution >= 0.6 is 0 Å². The van der Waals surface area contributed by atoms with Crippen LogP contribution in [0, 0.1) is 0 Å². The summed E-state index contributed by atoms with van der Waals surface area (Å²) in [7, 11) is 2.02. The van der Waals surface area contributed by atoms with Crippen molar-refractivity contribution in [3.63, 3.8) is 0 Å². The molecule has 0 spiro atoms. The highest BCUT2D eigenvalue weighted by atomic mass is 16.6. The molecule has 5 nitrogen and oxygen atoms in total. The van der Waals surface area contributed by atoms with E-state index in [-0.39, 0.29) is 11.7 Å². The van der Waals surface area contributed by atoms with Crippen LogP contribution in [0.25, 0.3) is 21.7 Å². The van der Waals surface area contributed by atoms with Crippen LogP contribution in [0.5, 0.6) is 11.5 Å². The Labute approximate surface area is 168 Å². The van der Waals surface area contributed by atoms with Gasteiger partial charge < -0.3 is 13.9 Å². The minimum atomic E-state index is -0.331. The van der Waals surface area contributed by atoms with Crippen LogP contribution in [0.1, 0.15) is 5.56 Å². The third kappa shape index (κ3) is 3.45. The average Bonchev–Trinajstić information content (AvgIpc) is 2.73. The van der Waals surface area contributed by atoms with Crippen molar-refractivity contribution in [3.05, 3.63) is 82.7 Å². The van der Waals surface area contributed by atoms with E-state index in [9.17, 15) is 4.79 Å². The molecule has 1 aliphatic heterocycles. The number of rotatable bonds is 4. The second kappa shape index (κ2) is 7.26. The molecule has 2 heterocycles. The maximum Gasteiger partial charge on any atom is 0.336 e. The van der Waals surface area contributed by atoms with Gasteiger partial charge in [-0.1, -0.05) is 42.5 Å². The van der Waals surface area contributed by atoms with Gasteiger partial charge in [0.1, 0.15) is 18.3 Å². The van der Waals surface area contributed by atoms with Gasteiger partial charge in [0.25, 0.3) is 0 Å². The van der Waals surface area contributed by atoms with E-state index in [1.165, 1.54) is 0 Å². The molecule has 0 saturated heterocycles. The Hall–Kier alpha value is -3.31. The van der Waals surface area contributed by atoms with Crippen molar-refractivity contribution < 1.29 is 13.9 Å². The molecular weight excluding hydrogens is 366 g/mol. The van der Waals surface area contributed by atoms with E-state index in [4.69, 9.17) is 13.9 Å². The minimum Gasteiger partial charge on any atom is -0.486 e. The Balaban J connectivity index is 1.43. The van der Waals surface area contributed by atoms with Crippen molar-refractivity contribution in [2.24, 2.45) is 0 Å². The normalized spacial score (nSPS) is 15.9. The van der Waals surface area contributed by atoms with Gasteiger partial charge in [0, 0.05) is 24.5 Å². The molecule has 0 amide bonds. The Kier molecular flexibility index (Phi) is 4.45. The highest BCUT2D eigenvalue weighted by Crippen LogP contribution is 2.31. The van der Waals surface area contributed by atoms with Gasteiger partial charge in [-0.3, -0.25) is 4.90 Å². The lowest BCUT2D eigenvalue weighted by Gasteiger charge is -2.29. The number of hydrogen-bond acceptors (Lipinski definition) is 5. The zero-order chi connectivity index (χ0) is 19.8. The van der Waals surface area contributed by atoms with E-state index >= 15 is 0 Å². The number of likely N-dealkylation sites (N-methyl/N-ethyl adjacent to an activating group) is 1. The molecular formula is C24H21NO4. The first-order chi connectivity index (χ1) is 14.2. The number of ether oxygens (including phenoxy) is 2. The van der Waals surface area contributed by atoms with Gasteiger partial charge in [0.05, 0.1) is 0 Å². The van der Waals surface area contributed by atoms with Crippen molar-refractivity contribution >= 4 is 21.7 Å². The number of fused-ring (bicyclic) bond motifs is 4. The van der Waals surface area contributed by atoms with Gasteiger partial charge >= 0.3 is 5.63 Å². The first-order valence-corrected chi connectivity index (χ1v) is 9.69. The molecule has 146 valence electrons. The first-order valence-electron chi connectivity index (χ1n) is 9.69. The molecule has 0 unspecified atom stereocenters. The zero-order valence-corrected chi connectivity index (χ0v) is 16.1. The molecule has 0 N–H and O–H groups in total. The predicted octanol–water partition coefficient (Wildman–Crippen LogP) is 4.22. The molecule has 0 fully saturated rings. The van der Waals surface area contributed by atoms with Crippen LogP contribution in [-0.4, -0.2) is 31.2 Å². The molecule has 1 atom stereocenters. The number of benzene rings is 3. The van der Waals surface area contributed by atoms with Crippen molar-refractivity contribution in [2.45, 2.75) is 12.6 Å². The molecule has 0 aliphatic carbocycles. The summed E-state index contributed by atoms with van der Waals surface area (Å²) in [5.74, 6) is 1.55. The Morgan fingerprint density at radius 2 is 1.79 bits per heavy atom. The quantitative estimate of drug-likeness (QED) is 0.388. The van der Waals surface area contributed by atoms with Crippen LogP contribution in [0.15, 0.2) is 75.9 Å². The van der Waals surface area contributed by atoms with E-state index in [0.717, 1.165) is 33.2 Å². The largest absolute Gasteiger partial charge is 0.486 e. The molecule has 0 bridgehead atoms. The molecule has 3 aromatic carbocycles. The summed E-state index contributed by atoms with van der Waals surface area (Å²) in [5.41, 5.74) is 1.24. The number of hydrogen-bond donors (Lipinski definition) is 0. The smallest absolute Gasteiger partial charge is 0.336 e. The summed E-state index contributed by atoms with van der Waals surface area (Å²) in [4.78, 5) is 14.3. The molecule has 29 heavy (non-hydrogen) atoms.